The summed E-state index contributed by atoms with van der Waals surface area (Å²) in [6, 6.07) is 4.85. The van der Waals surface area contributed by atoms with E-state index in [1.165, 1.54) is 12.1 Å². The Morgan fingerprint density at radius 1 is 1.29 bits per heavy atom. The molecular formula is C13H18F2N2O3S. The van der Waals surface area contributed by atoms with Crippen molar-refractivity contribution in [3.05, 3.63) is 29.8 Å². The van der Waals surface area contributed by atoms with E-state index in [0.29, 0.717) is 18.7 Å². The molecule has 1 unspecified atom stereocenters. The number of rotatable bonds is 7. The number of nitrogens with one attached hydrogen (secondary N) is 1. The van der Waals surface area contributed by atoms with Crippen LogP contribution < -0.4 is 11.1 Å². The topological polar surface area (TPSA) is 89.3 Å². The molecule has 0 aliphatic rings. The normalized spacial score (nSPS) is 13.2. The first-order chi connectivity index (χ1) is 9.77. The first kappa shape index (κ1) is 17.5. The van der Waals surface area contributed by atoms with E-state index in [1.807, 2.05) is 6.92 Å². The Morgan fingerprint density at radius 3 is 2.33 bits per heavy atom. The lowest BCUT2D eigenvalue weighted by atomic mass is 10.1. The lowest BCUT2D eigenvalue weighted by Crippen LogP contribution is -2.32. The molecule has 8 heteroatoms. The van der Waals surface area contributed by atoms with Gasteiger partial charge in [0.25, 0.3) is 0 Å². The Hall–Kier alpha value is -1.54. The number of carbonyl (C=O) groups is 1. The Kier molecular flexibility index (Phi) is 6.22. The number of hydrogen-bond donors (Lipinski definition) is 2. The molecule has 1 atom stereocenters. The molecule has 0 heterocycles. The van der Waals surface area contributed by atoms with Crippen molar-refractivity contribution >= 4 is 15.7 Å². The molecule has 0 saturated heterocycles. The van der Waals surface area contributed by atoms with E-state index in [-0.39, 0.29) is 18.2 Å². The third-order valence-corrected chi connectivity index (χ3v) is 4.30. The third-order valence-electron chi connectivity index (χ3n) is 2.90. The second kappa shape index (κ2) is 7.46. The van der Waals surface area contributed by atoms with Crippen LogP contribution in [0, 0.1) is 5.92 Å². The van der Waals surface area contributed by atoms with E-state index >= 15 is 0 Å². The van der Waals surface area contributed by atoms with Crippen LogP contribution in [-0.2, 0) is 21.1 Å². The highest BCUT2D eigenvalue weighted by Gasteiger charge is 2.26. The molecule has 0 radical (unpaired) electrons. The first-order valence-corrected chi connectivity index (χ1v) is 7.89. The van der Waals surface area contributed by atoms with Crippen molar-refractivity contribution in [3.63, 3.8) is 0 Å². The van der Waals surface area contributed by atoms with Crippen LogP contribution in [0.1, 0.15) is 12.5 Å². The van der Waals surface area contributed by atoms with Crippen LogP contribution in [-0.4, -0.2) is 33.2 Å². The van der Waals surface area contributed by atoms with Gasteiger partial charge in [-0.1, -0.05) is 19.1 Å². The minimum atomic E-state index is -4.59. The summed E-state index contributed by atoms with van der Waals surface area (Å²) in [6.45, 7) is 2.80. The fourth-order valence-electron chi connectivity index (χ4n) is 1.52. The van der Waals surface area contributed by atoms with Crippen LogP contribution in [0.2, 0.25) is 0 Å². The molecule has 118 valence electrons. The zero-order chi connectivity index (χ0) is 16.0. The van der Waals surface area contributed by atoms with Gasteiger partial charge in [-0.05, 0) is 30.2 Å². The molecule has 0 bridgehead atoms. The van der Waals surface area contributed by atoms with Crippen molar-refractivity contribution < 1.29 is 22.0 Å². The number of halogens is 2. The zero-order valence-electron chi connectivity index (χ0n) is 11.6. The second-order valence-electron chi connectivity index (χ2n) is 4.77. The van der Waals surface area contributed by atoms with Gasteiger partial charge < -0.3 is 11.1 Å². The number of alkyl halides is 2. The van der Waals surface area contributed by atoms with Crippen LogP contribution in [0.25, 0.3) is 0 Å². The molecule has 1 aromatic rings. The average molecular weight is 320 g/mol. The molecule has 0 saturated carbocycles. The molecule has 5 nitrogen and oxygen atoms in total. The van der Waals surface area contributed by atoms with E-state index in [0.717, 1.165) is 12.1 Å². The smallest absolute Gasteiger partial charge is 0.341 e. The number of amides is 1. The number of nitrogens with two attached hydrogens (primary N) is 1. The van der Waals surface area contributed by atoms with Gasteiger partial charge in [-0.2, -0.15) is 8.78 Å². The minimum Gasteiger partial charge on any atom is -0.356 e. The van der Waals surface area contributed by atoms with Crippen LogP contribution in [0.3, 0.4) is 0 Å². The molecule has 0 spiro atoms. The van der Waals surface area contributed by atoms with Gasteiger partial charge in [0.1, 0.15) is 0 Å². The molecule has 3 N–H and O–H groups in total. The lowest BCUT2D eigenvalue weighted by molar-refractivity contribution is -0.120. The summed E-state index contributed by atoms with van der Waals surface area (Å²) in [4.78, 5) is 11.2. The van der Waals surface area contributed by atoms with Crippen molar-refractivity contribution in [3.8, 4) is 0 Å². The van der Waals surface area contributed by atoms with Gasteiger partial charge in [-0.3, -0.25) is 4.79 Å². The quantitative estimate of drug-likeness (QED) is 0.782. The Bertz CT molecular complexity index is 574. The molecule has 0 aliphatic heterocycles. The first-order valence-electron chi connectivity index (χ1n) is 6.35. The number of sulfone groups is 1. The zero-order valence-corrected chi connectivity index (χ0v) is 12.4. The summed E-state index contributed by atoms with van der Waals surface area (Å²) < 4.78 is 47.2. The van der Waals surface area contributed by atoms with Gasteiger partial charge >= 0.3 is 5.76 Å². The van der Waals surface area contributed by atoms with E-state index < -0.39 is 20.5 Å². The second-order valence-corrected chi connectivity index (χ2v) is 6.69. The van der Waals surface area contributed by atoms with Gasteiger partial charge in [0, 0.05) is 6.54 Å². The fraction of sp³-hybridized carbons (Fsp3) is 0.462. The van der Waals surface area contributed by atoms with Crippen molar-refractivity contribution in [1.29, 1.82) is 0 Å². The van der Waals surface area contributed by atoms with Crippen molar-refractivity contribution in [2.24, 2.45) is 11.7 Å². The van der Waals surface area contributed by atoms with Gasteiger partial charge in [0.2, 0.25) is 15.7 Å². The number of carbonyl (C=O) groups excluding carboxylic acids is 1. The van der Waals surface area contributed by atoms with Gasteiger partial charge in [0.15, 0.2) is 0 Å². The predicted octanol–water partition coefficient (Wildman–Crippen LogP) is 0.936. The maximum atomic E-state index is 12.4. The van der Waals surface area contributed by atoms with E-state index in [1.54, 1.807) is 0 Å². The van der Waals surface area contributed by atoms with Gasteiger partial charge in [-0.25, -0.2) is 8.42 Å². The SMILES string of the molecule is CC(CN)CNC(=O)Cc1ccc(S(=O)(=O)C(F)F)cc1. The van der Waals surface area contributed by atoms with Gasteiger partial charge in [-0.15, -0.1) is 0 Å². The summed E-state index contributed by atoms with van der Waals surface area (Å²) in [6.07, 6.45) is 0.0479. The molecule has 1 aromatic carbocycles. The van der Waals surface area contributed by atoms with E-state index in [9.17, 15) is 22.0 Å². The van der Waals surface area contributed by atoms with Crippen molar-refractivity contribution in [2.45, 2.75) is 24.0 Å². The third kappa shape index (κ3) is 5.05. The highest BCUT2D eigenvalue weighted by Crippen LogP contribution is 2.18. The number of hydrogen-bond acceptors (Lipinski definition) is 4. The standard InChI is InChI=1S/C13H18F2N2O3S/c1-9(7-16)8-17-12(18)6-10-2-4-11(5-3-10)21(19,20)13(14)15/h2-5,9,13H,6-8,16H2,1H3,(H,17,18). The van der Waals surface area contributed by atoms with Crippen LogP contribution in [0.15, 0.2) is 29.2 Å². The minimum absolute atomic E-state index is 0.0479. The molecule has 0 aromatic heterocycles. The molecule has 21 heavy (non-hydrogen) atoms. The maximum Gasteiger partial charge on any atom is 0.341 e. The largest absolute Gasteiger partial charge is 0.356 e. The summed E-state index contributed by atoms with van der Waals surface area (Å²) in [5, 5.41) is 2.69. The summed E-state index contributed by atoms with van der Waals surface area (Å²) in [7, 11) is -4.59. The highest BCUT2D eigenvalue weighted by molar-refractivity contribution is 7.91. The van der Waals surface area contributed by atoms with Crippen LogP contribution in [0.5, 0.6) is 0 Å². The molecule has 0 fully saturated rings. The lowest BCUT2D eigenvalue weighted by Gasteiger charge is -2.10. The average Bonchev–Trinajstić information content (AvgIpc) is 2.45. The van der Waals surface area contributed by atoms with E-state index in [2.05, 4.69) is 5.32 Å². The molecule has 1 amide bonds. The summed E-state index contributed by atoms with van der Waals surface area (Å²) in [5.74, 6) is -3.53. The molecule has 1 rings (SSSR count). The van der Waals surface area contributed by atoms with Crippen molar-refractivity contribution in [2.75, 3.05) is 13.1 Å². The summed E-state index contributed by atoms with van der Waals surface area (Å²) in [5.41, 5.74) is 5.97. The van der Waals surface area contributed by atoms with E-state index in [4.69, 9.17) is 5.73 Å². The molecule has 0 aliphatic carbocycles. The Labute approximate surface area is 122 Å². The predicted molar refractivity (Wildman–Crippen MR) is 74.6 cm³/mol. The highest BCUT2D eigenvalue weighted by atomic mass is 32.2. The molecular weight excluding hydrogens is 302 g/mol. The van der Waals surface area contributed by atoms with Crippen LogP contribution >= 0.6 is 0 Å². The van der Waals surface area contributed by atoms with Gasteiger partial charge in [0.05, 0.1) is 11.3 Å². The summed E-state index contributed by atoms with van der Waals surface area (Å²) >= 11 is 0. The maximum absolute atomic E-state index is 12.4. The van der Waals surface area contributed by atoms with Crippen molar-refractivity contribution in [1.82, 2.24) is 5.32 Å². The fourth-order valence-corrected chi connectivity index (χ4v) is 2.24. The Morgan fingerprint density at radius 2 is 1.86 bits per heavy atom. The number of benzene rings is 1. The Balaban J connectivity index is 2.65. The van der Waals surface area contributed by atoms with Crippen LogP contribution in [0.4, 0.5) is 8.78 Å². The monoisotopic (exact) mass is 320 g/mol.